The molecule has 3 nitrogen and oxygen atoms in total. The summed E-state index contributed by atoms with van der Waals surface area (Å²) in [5, 5.41) is 5.10. The van der Waals surface area contributed by atoms with E-state index in [2.05, 4.69) is 10.5 Å². The monoisotopic (exact) mass is 310 g/mol. The predicted octanol–water partition coefficient (Wildman–Crippen LogP) is 3.88. The van der Waals surface area contributed by atoms with Crippen LogP contribution in [0.15, 0.2) is 23.3 Å². The van der Waals surface area contributed by atoms with Crippen LogP contribution in [0.5, 0.6) is 0 Å². The van der Waals surface area contributed by atoms with Crippen molar-refractivity contribution >= 4 is 35.3 Å². The van der Waals surface area contributed by atoms with Gasteiger partial charge in [0.05, 0.1) is 11.2 Å². The molecule has 20 heavy (non-hydrogen) atoms. The van der Waals surface area contributed by atoms with Gasteiger partial charge in [-0.05, 0) is 36.8 Å². The Morgan fingerprint density at radius 2 is 1.95 bits per heavy atom. The number of carbonyl (C=O) groups is 1. The molecule has 2 atom stereocenters. The largest absolute Gasteiger partial charge is 0.273 e. The van der Waals surface area contributed by atoms with Crippen LogP contribution in [0.2, 0.25) is 10.0 Å². The molecular formula is C15H16Cl2N2O. The third kappa shape index (κ3) is 2.84. The summed E-state index contributed by atoms with van der Waals surface area (Å²) in [4.78, 5) is 12.0. The Morgan fingerprint density at radius 3 is 2.60 bits per heavy atom. The molecule has 106 valence electrons. The summed E-state index contributed by atoms with van der Waals surface area (Å²) in [6.45, 7) is 0. The fraction of sp³-hybridized carbons (Fsp3) is 0.467. The molecule has 0 aliphatic heterocycles. The Labute approximate surface area is 128 Å². The van der Waals surface area contributed by atoms with Gasteiger partial charge in [-0.1, -0.05) is 42.1 Å². The van der Waals surface area contributed by atoms with Gasteiger partial charge in [0.2, 0.25) is 5.91 Å². The molecule has 0 bridgehead atoms. The van der Waals surface area contributed by atoms with Crippen molar-refractivity contribution < 1.29 is 4.79 Å². The molecule has 1 amide bonds. The number of carbonyl (C=O) groups excluding carboxylic acids is 1. The van der Waals surface area contributed by atoms with Gasteiger partial charge in [-0.15, -0.1) is 0 Å². The molecule has 0 aromatic heterocycles. The maximum Gasteiger partial charge on any atom is 0.243 e. The number of halogens is 2. The highest BCUT2D eigenvalue weighted by molar-refractivity contribution is 6.36. The van der Waals surface area contributed by atoms with E-state index in [1.165, 1.54) is 25.7 Å². The van der Waals surface area contributed by atoms with E-state index in [4.69, 9.17) is 23.2 Å². The number of nitrogens with one attached hydrogen (secondary N) is 1. The molecule has 2 fully saturated rings. The van der Waals surface area contributed by atoms with E-state index in [0.717, 1.165) is 5.56 Å². The van der Waals surface area contributed by atoms with Crippen molar-refractivity contribution in [3.05, 3.63) is 33.8 Å². The lowest BCUT2D eigenvalue weighted by Crippen LogP contribution is -2.20. The lowest BCUT2D eigenvalue weighted by atomic mass is 10.0. The molecule has 1 N–H and O–H groups in total. The van der Waals surface area contributed by atoms with Gasteiger partial charge in [-0.2, -0.15) is 5.10 Å². The Balaban J connectivity index is 1.56. The number of hydrogen-bond donors (Lipinski definition) is 1. The van der Waals surface area contributed by atoms with Crippen molar-refractivity contribution in [1.82, 2.24) is 5.43 Å². The number of hydrazone groups is 1. The van der Waals surface area contributed by atoms with Crippen LogP contribution in [0.4, 0.5) is 0 Å². The molecule has 2 aliphatic carbocycles. The second-order valence-electron chi connectivity index (χ2n) is 5.54. The summed E-state index contributed by atoms with van der Waals surface area (Å²) in [6.07, 6.45) is 6.46. The highest BCUT2D eigenvalue weighted by Crippen LogP contribution is 2.55. The molecule has 0 spiro atoms. The topological polar surface area (TPSA) is 41.5 Å². The second kappa shape index (κ2) is 5.74. The van der Waals surface area contributed by atoms with Crippen LogP contribution in [0.3, 0.4) is 0 Å². The summed E-state index contributed by atoms with van der Waals surface area (Å²) < 4.78 is 0. The van der Waals surface area contributed by atoms with Crippen LogP contribution in [-0.2, 0) is 4.79 Å². The van der Waals surface area contributed by atoms with Crippen LogP contribution in [0, 0.1) is 17.8 Å². The van der Waals surface area contributed by atoms with Crippen LogP contribution >= 0.6 is 23.2 Å². The molecule has 0 heterocycles. The highest BCUT2D eigenvalue weighted by Gasteiger charge is 2.54. The minimum atomic E-state index is 0.0447. The SMILES string of the molecule is O=C(NN=Cc1ccc(Cl)cc1Cl)C1[C@H]2CCCC[C@H]12. The van der Waals surface area contributed by atoms with Crippen molar-refractivity contribution in [3.8, 4) is 0 Å². The average molecular weight is 311 g/mol. The van der Waals surface area contributed by atoms with Gasteiger partial charge in [-0.3, -0.25) is 4.79 Å². The van der Waals surface area contributed by atoms with Gasteiger partial charge in [0.15, 0.2) is 0 Å². The van der Waals surface area contributed by atoms with Gasteiger partial charge in [0, 0.05) is 16.5 Å². The Morgan fingerprint density at radius 1 is 1.25 bits per heavy atom. The third-order valence-corrected chi connectivity index (χ3v) is 4.86. The molecule has 2 saturated carbocycles. The third-order valence-electron chi connectivity index (χ3n) is 4.30. The van der Waals surface area contributed by atoms with Crippen molar-refractivity contribution in [3.63, 3.8) is 0 Å². The molecule has 1 aromatic carbocycles. The fourth-order valence-corrected chi connectivity index (χ4v) is 3.68. The second-order valence-corrected chi connectivity index (χ2v) is 6.38. The van der Waals surface area contributed by atoms with E-state index in [1.54, 1.807) is 24.4 Å². The number of nitrogens with zero attached hydrogens (tertiary/aromatic N) is 1. The molecule has 0 radical (unpaired) electrons. The summed E-state index contributed by atoms with van der Waals surface area (Å²) in [7, 11) is 0. The number of fused-ring (bicyclic) bond motifs is 1. The number of amides is 1. The first-order valence-electron chi connectivity index (χ1n) is 6.95. The fourth-order valence-electron chi connectivity index (χ4n) is 3.23. The standard InChI is InChI=1S/C15H16Cl2N2O/c16-10-6-5-9(13(17)7-10)8-18-19-15(20)14-11-3-1-2-4-12(11)14/h5-8,11-12,14H,1-4H2,(H,19,20)/t11-,12-/m0/s1. The highest BCUT2D eigenvalue weighted by atomic mass is 35.5. The van der Waals surface area contributed by atoms with E-state index < -0.39 is 0 Å². The zero-order valence-corrected chi connectivity index (χ0v) is 12.5. The smallest absolute Gasteiger partial charge is 0.243 e. The van der Waals surface area contributed by atoms with Crippen LogP contribution < -0.4 is 5.43 Å². The van der Waals surface area contributed by atoms with E-state index in [9.17, 15) is 4.79 Å². The van der Waals surface area contributed by atoms with Gasteiger partial charge in [0.1, 0.15) is 0 Å². The lowest BCUT2D eigenvalue weighted by molar-refractivity contribution is -0.122. The number of rotatable bonds is 3. The Kier molecular flexibility index (Phi) is 3.99. The average Bonchev–Trinajstić information content (AvgIpc) is 3.15. The van der Waals surface area contributed by atoms with Gasteiger partial charge in [0.25, 0.3) is 0 Å². The van der Waals surface area contributed by atoms with E-state index >= 15 is 0 Å². The summed E-state index contributed by atoms with van der Waals surface area (Å²) >= 11 is 11.9. The Hall–Kier alpha value is -1.06. The number of hydrogen-bond acceptors (Lipinski definition) is 2. The van der Waals surface area contributed by atoms with Crippen molar-refractivity contribution in [1.29, 1.82) is 0 Å². The molecule has 0 unspecified atom stereocenters. The normalized spacial score (nSPS) is 28.2. The molecule has 2 aliphatic rings. The minimum absolute atomic E-state index is 0.0447. The van der Waals surface area contributed by atoms with Crippen molar-refractivity contribution in [2.45, 2.75) is 25.7 Å². The van der Waals surface area contributed by atoms with E-state index in [1.807, 2.05) is 0 Å². The first-order chi connectivity index (χ1) is 9.66. The van der Waals surface area contributed by atoms with Crippen molar-refractivity contribution in [2.75, 3.05) is 0 Å². The van der Waals surface area contributed by atoms with Gasteiger partial charge >= 0.3 is 0 Å². The zero-order valence-electron chi connectivity index (χ0n) is 11.0. The van der Waals surface area contributed by atoms with Crippen LogP contribution in [0.25, 0.3) is 0 Å². The first-order valence-corrected chi connectivity index (χ1v) is 7.70. The quantitative estimate of drug-likeness (QED) is 0.668. The molecule has 3 rings (SSSR count). The molecule has 1 aromatic rings. The van der Waals surface area contributed by atoms with Crippen LogP contribution in [0.1, 0.15) is 31.2 Å². The first kappa shape index (κ1) is 13.9. The maximum atomic E-state index is 12.0. The molecule has 5 heteroatoms. The van der Waals surface area contributed by atoms with Crippen molar-refractivity contribution in [2.24, 2.45) is 22.9 Å². The zero-order chi connectivity index (χ0) is 14.1. The van der Waals surface area contributed by atoms with Gasteiger partial charge < -0.3 is 0 Å². The summed E-state index contributed by atoms with van der Waals surface area (Å²) in [5.41, 5.74) is 3.37. The lowest BCUT2D eigenvalue weighted by Gasteiger charge is -2.04. The van der Waals surface area contributed by atoms with E-state index in [0.29, 0.717) is 21.9 Å². The van der Waals surface area contributed by atoms with Crippen LogP contribution in [-0.4, -0.2) is 12.1 Å². The Bertz CT molecular complexity index is 547. The van der Waals surface area contributed by atoms with Gasteiger partial charge in [-0.25, -0.2) is 5.43 Å². The maximum absolute atomic E-state index is 12.0. The predicted molar refractivity (Wildman–Crippen MR) is 81.1 cm³/mol. The summed E-state index contributed by atoms with van der Waals surface area (Å²) in [5.74, 6) is 1.41. The molecular weight excluding hydrogens is 295 g/mol. The van der Waals surface area contributed by atoms with E-state index in [-0.39, 0.29) is 11.8 Å². The summed E-state index contributed by atoms with van der Waals surface area (Å²) in [6, 6.07) is 5.17. The number of benzene rings is 1. The minimum Gasteiger partial charge on any atom is -0.273 e. The molecule has 0 saturated heterocycles.